The Hall–Kier alpha value is -2.25. The second-order valence-electron chi connectivity index (χ2n) is 8.11. The Labute approximate surface area is 147 Å². The molecule has 2 saturated heterocycles. The van der Waals surface area contributed by atoms with Gasteiger partial charge in [-0.2, -0.15) is 5.10 Å². The highest BCUT2D eigenvalue weighted by atomic mass is 16.6. The smallest absolute Gasteiger partial charge is 0.410 e. The molecule has 0 aliphatic carbocycles. The first-order valence-electron chi connectivity index (χ1n) is 8.63. The van der Waals surface area contributed by atoms with Crippen LogP contribution in [0.1, 0.15) is 33.6 Å². The van der Waals surface area contributed by atoms with Crippen LogP contribution in [0.3, 0.4) is 0 Å². The quantitative estimate of drug-likeness (QED) is 0.894. The standard InChI is InChI=1S/C17H26N4O4/c1-16(2,3)25-15(24)20-11-17(12-20)4-6-19(7-5-17)13-8-18-21(9-13)10-14(22)23/h8-9H,4-7,10-12H2,1-3H3,(H,22,23). The van der Waals surface area contributed by atoms with E-state index in [1.54, 1.807) is 17.3 Å². The number of nitrogens with zero attached hydrogens (tertiary/aromatic N) is 4. The number of aromatic nitrogens is 2. The van der Waals surface area contributed by atoms with Crippen LogP contribution in [0.25, 0.3) is 0 Å². The second kappa shape index (κ2) is 6.24. The molecule has 0 saturated carbocycles. The van der Waals surface area contributed by atoms with Crippen LogP contribution in [-0.4, -0.2) is 63.6 Å². The summed E-state index contributed by atoms with van der Waals surface area (Å²) >= 11 is 0. The van der Waals surface area contributed by atoms with E-state index in [0.29, 0.717) is 0 Å². The van der Waals surface area contributed by atoms with Gasteiger partial charge in [-0.1, -0.05) is 0 Å². The van der Waals surface area contributed by atoms with Gasteiger partial charge in [0, 0.05) is 37.8 Å². The van der Waals surface area contributed by atoms with Gasteiger partial charge in [0.05, 0.1) is 11.9 Å². The number of piperidine rings is 1. The van der Waals surface area contributed by atoms with Crippen molar-refractivity contribution in [2.45, 2.75) is 45.8 Å². The molecule has 1 spiro atoms. The number of amides is 1. The van der Waals surface area contributed by atoms with Crippen molar-refractivity contribution in [3.63, 3.8) is 0 Å². The van der Waals surface area contributed by atoms with Gasteiger partial charge in [0.2, 0.25) is 0 Å². The lowest BCUT2D eigenvalue weighted by atomic mass is 9.72. The lowest BCUT2D eigenvalue weighted by molar-refractivity contribution is -0.137. The van der Waals surface area contributed by atoms with Gasteiger partial charge in [-0.25, -0.2) is 4.79 Å². The number of carboxylic acid groups (broad SMARTS) is 1. The summed E-state index contributed by atoms with van der Waals surface area (Å²) in [6.45, 7) is 8.81. The van der Waals surface area contributed by atoms with E-state index in [0.717, 1.165) is 44.7 Å². The number of carboxylic acids is 1. The van der Waals surface area contributed by atoms with E-state index in [2.05, 4.69) is 10.00 Å². The number of carbonyl (C=O) groups is 2. The molecule has 3 rings (SSSR count). The van der Waals surface area contributed by atoms with Gasteiger partial charge in [0.25, 0.3) is 0 Å². The topological polar surface area (TPSA) is 87.9 Å². The number of rotatable bonds is 3. The molecule has 2 fully saturated rings. The third-order valence-electron chi connectivity index (χ3n) is 4.81. The molecule has 0 unspecified atom stereocenters. The van der Waals surface area contributed by atoms with Crippen molar-refractivity contribution in [1.82, 2.24) is 14.7 Å². The molecule has 2 aliphatic rings. The number of hydrogen-bond acceptors (Lipinski definition) is 5. The lowest BCUT2D eigenvalue weighted by Gasteiger charge is -2.53. The maximum Gasteiger partial charge on any atom is 0.410 e. The number of aliphatic carboxylic acids is 1. The first kappa shape index (κ1) is 17.6. The minimum atomic E-state index is -0.899. The molecule has 25 heavy (non-hydrogen) atoms. The van der Waals surface area contributed by atoms with E-state index in [4.69, 9.17) is 9.84 Å². The first-order chi connectivity index (χ1) is 11.7. The fourth-order valence-corrected chi connectivity index (χ4v) is 3.52. The summed E-state index contributed by atoms with van der Waals surface area (Å²) in [4.78, 5) is 26.8. The van der Waals surface area contributed by atoms with Crippen LogP contribution in [0.5, 0.6) is 0 Å². The Balaban J connectivity index is 1.49. The highest BCUT2D eigenvalue weighted by Crippen LogP contribution is 2.41. The molecular formula is C17H26N4O4. The molecule has 1 aromatic heterocycles. The fourth-order valence-electron chi connectivity index (χ4n) is 3.52. The Morgan fingerprint density at radius 3 is 2.48 bits per heavy atom. The van der Waals surface area contributed by atoms with Crippen molar-refractivity contribution in [3.05, 3.63) is 12.4 Å². The van der Waals surface area contributed by atoms with Crippen LogP contribution >= 0.6 is 0 Å². The van der Waals surface area contributed by atoms with Crippen molar-refractivity contribution < 1.29 is 19.4 Å². The summed E-state index contributed by atoms with van der Waals surface area (Å²) in [5, 5.41) is 12.9. The van der Waals surface area contributed by atoms with Gasteiger partial charge in [0.15, 0.2) is 0 Å². The predicted octanol–water partition coefficient (Wildman–Crippen LogP) is 1.80. The zero-order valence-electron chi connectivity index (χ0n) is 15.1. The molecule has 8 heteroatoms. The van der Waals surface area contributed by atoms with Crippen molar-refractivity contribution in [3.8, 4) is 0 Å². The van der Waals surface area contributed by atoms with Crippen LogP contribution in [0.15, 0.2) is 12.4 Å². The van der Waals surface area contributed by atoms with E-state index in [-0.39, 0.29) is 18.1 Å². The van der Waals surface area contributed by atoms with Crippen molar-refractivity contribution in [2.75, 3.05) is 31.1 Å². The summed E-state index contributed by atoms with van der Waals surface area (Å²) < 4.78 is 6.86. The molecule has 0 bridgehead atoms. The molecule has 1 amide bonds. The minimum absolute atomic E-state index is 0.122. The van der Waals surface area contributed by atoms with Gasteiger partial charge in [0.1, 0.15) is 12.1 Å². The van der Waals surface area contributed by atoms with E-state index in [1.165, 1.54) is 4.68 Å². The van der Waals surface area contributed by atoms with Gasteiger partial charge in [-0.15, -0.1) is 0 Å². The zero-order chi connectivity index (χ0) is 18.2. The summed E-state index contributed by atoms with van der Waals surface area (Å²) in [5.74, 6) is -0.899. The molecular weight excluding hydrogens is 324 g/mol. The Kier molecular flexibility index (Phi) is 4.38. The SMILES string of the molecule is CC(C)(C)OC(=O)N1CC2(CCN(c3cnn(CC(=O)O)c3)CC2)C1. The Morgan fingerprint density at radius 1 is 1.28 bits per heavy atom. The Morgan fingerprint density at radius 2 is 1.92 bits per heavy atom. The number of likely N-dealkylation sites (tertiary alicyclic amines) is 1. The molecule has 138 valence electrons. The third kappa shape index (κ3) is 4.05. The van der Waals surface area contributed by atoms with Crippen molar-refractivity contribution in [2.24, 2.45) is 5.41 Å². The van der Waals surface area contributed by atoms with E-state index in [1.807, 2.05) is 20.8 Å². The first-order valence-corrected chi connectivity index (χ1v) is 8.63. The van der Waals surface area contributed by atoms with E-state index >= 15 is 0 Å². The van der Waals surface area contributed by atoms with Crippen molar-refractivity contribution >= 4 is 17.7 Å². The largest absolute Gasteiger partial charge is 0.480 e. The van der Waals surface area contributed by atoms with E-state index < -0.39 is 11.6 Å². The molecule has 1 N–H and O–H groups in total. The number of carbonyl (C=O) groups excluding carboxylic acids is 1. The van der Waals surface area contributed by atoms with Crippen LogP contribution in [-0.2, 0) is 16.1 Å². The van der Waals surface area contributed by atoms with Crippen LogP contribution < -0.4 is 4.90 Å². The van der Waals surface area contributed by atoms with Gasteiger partial charge >= 0.3 is 12.1 Å². The minimum Gasteiger partial charge on any atom is -0.480 e. The third-order valence-corrected chi connectivity index (χ3v) is 4.81. The average Bonchev–Trinajstić information content (AvgIpc) is 2.90. The second-order valence-corrected chi connectivity index (χ2v) is 8.11. The summed E-state index contributed by atoms with van der Waals surface area (Å²) in [6.07, 6.45) is 5.29. The maximum absolute atomic E-state index is 12.1. The monoisotopic (exact) mass is 350 g/mol. The van der Waals surface area contributed by atoms with Gasteiger partial charge < -0.3 is 19.6 Å². The highest BCUT2D eigenvalue weighted by Gasteiger charge is 2.47. The lowest BCUT2D eigenvalue weighted by Crippen LogP contribution is -2.62. The molecule has 3 heterocycles. The predicted molar refractivity (Wildman–Crippen MR) is 91.5 cm³/mol. The van der Waals surface area contributed by atoms with Gasteiger partial charge in [-0.05, 0) is 33.6 Å². The van der Waals surface area contributed by atoms with Gasteiger partial charge in [-0.3, -0.25) is 9.48 Å². The normalized spacial score (nSPS) is 19.6. The van der Waals surface area contributed by atoms with Crippen LogP contribution in [0.4, 0.5) is 10.5 Å². The molecule has 8 nitrogen and oxygen atoms in total. The maximum atomic E-state index is 12.1. The van der Waals surface area contributed by atoms with E-state index in [9.17, 15) is 9.59 Å². The number of hydrogen-bond donors (Lipinski definition) is 1. The molecule has 0 aromatic carbocycles. The fraction of sp³-hybridized carbons (Fsp3) is 0.706. The summed E-state index contributed by atoms with van der Waals surface area (Å²) in [6, 6.07) is 0. The molecule has 1 aromatic rings. The summed E-state index contributed by atoms with van der Waals surface area (Å²) in [5.41, 5.74) is 0.698. The zero-order valence-corrected chi connectivity index (χ0v) is 15.1. The number of ether oxygens (including phenoxy) is 1. The van der Waals surface area contributed by atoms with Crippen molar-refractivity contribution in [1.29, 1.82) is 0 Å². The summed E-state index contributed by atoms with van der Waals surface area (Å²) in [7, 11) is 0. The average molecular weight is 350 g/mol. The highest BCUT2D eigenvalue weighted by molar-refractivity contribution is 5.69. The van der Waals surface area contributed by atoms with Crippen LogP contribution in [0, 0.1) is 5.41 Å². The Bertz CT molecular complexity index is 648. The number of anilines is 1. The van der Waals surface area contributed by atoms with Crippen LogP contribution in [0.2, 0.25) is 0 Å². The molecule has 0 radical (unpaired) electrons. The molecule has 0 atom stereocenters. The molecule has 2 aliphatic heterocycles.